The van der Waals surface area contributed by atoms with Gasteiger partial charge in [-0.15, -0.1) is 0 Å². The molecule has 0 amide bonds. The topological polar surface area (TPSA) is 64.3 Å². The Balaban J connectivity index is 1.95. The van der Waals surface area contributed by atoms with E-state index in [1.54, 1.807) is 49.4 Å². The van der Waals surface area contributed by atoms with Crippen LogP contribution in [-0.4, -0.2) is 21.3 Å². The summed E-state index contributed by atoms with van der Waals surface area (Å²) in [6.07, 6.45) is 2.92. The zero-order valence-corrected chi connectivity index (χ0v) is 16.5. The minimum Gasteiger partial charge on any atom is -0.504 e. The molecule has 0 atom stereocenters. The van der Waals surface area contributed by atoms with Crippen LogP contribution in [0.4, 0.5) is 8.78 Å². The summed E-state index contributed by atoms with van der Waals surface area (Å²) in [5, 5.41) is 10.6. The number of hydrogen-bond acceptors (Lipinski definition) is 4. The van der Waals surface area contributed by atoms with Gasteiger partial charge in [0.15, 0.2) is 11.5 Å². The van der Waals surface area contributed by atoms with Crippen LogP contribution in [0.15, 0.2) is 65.5 Å². The van der Waals surface area contributed by atoms with Crippen molar-refractivity contribution in [1.82, 2.24) is 9.55 Å². The molecule has 0 aliphatic carbocycles. The Labute approximate surface area is 176 Å². The molecule has 3 aromatic carbocycles. The summed E-state index contributed by atoms with van der Waals surface area (Å²) in [7, 11) is 0. The molecule has 1 heterocycles. The lowest BCUT2D eigenvalue weighted by Gasteiger charge is -2.13. The Bertz CT molecular complexity index is 1340. The molecule has 0 saturated carbocycles. The van der Waals surface area contributed by atoms with E-state index in [0.717, 1.165) is 16.7 Å². The van der Waals surface area contributed by atoms with Gasteiger partial charge in [-0.05, 0) is 49.4 Å². The number of halogens is 2. The van der Waals surface area contributed by atoms with E-state index in [4.69, 9.17) is 4.74 Å². The van der Waals surface area contributed by atoms with Crippen LogP contribution in [-0.2, 0) is 0 Å². The van der Waals surface area contributed by atoms with Crippen molar-refractivity contribution in [2.24, 2.45) is 0 Å². The molecule has 1 aromatic heterocycles. The van der Waals surface area contributed by atoms with Crippen molar-refractivity contribution in [3.63, 3.8) is 0 Å². The largest absolute Gasteiger partial charge is 0.504 e. The molecule has 0 aliphatic rings. The Morgan fingerprint density at radius 1 is 1.00 bits per heavy atom. The first-order valence-corrected chi connectivity index (χ1v) is 9.60. The van der Waals surface area contributed by atoms with Crippen molar-refractivity contribution in [3.05, 3.63) is 94.0 Å². The molecule has 4 rings (SSSR count). The summed E-state index contributed by atoms with van der Waals surface area (Å²) in [6, 6.07) is 14.9. The number of benzene rings is 3. The van der Waals surface area contributed by atoms with Gasteiger partial charge in [0.1, 0.15) is 23.1 Å². The number of para-hydroxylation sites is 3. The predicted octanol–water partition coefficient (Wildman–Crippen LogP) is 4.94. The average Bonchev–Trinajstić information content (AvgIpc) is 2.76. The van der Waals surface area contributed by atoms with Crippen LogP contribution in [0, 0.1) is 11.6 Å². The third kappa shape index (κ3) is 3.77. The summed E-state index contributed by atoms with van der Waals surface area (Å²) in [4.78, 5) is 17.6. The highest BCUT2D eigenvalue weighted by molar-refractivity contribution is 5.80. The van der Waals surface area contributed by atoms with Crippen molar-refractivity contribution in [2.75, 3.05) is 6.61 Å². The summed E-state index contributed by atoms with van der Waals surface area (Å²) >= 11 is 0. The van der Waals surface area contributed by atoms with Crippen LogP contribution in [0.5, 0.6) is 11.5 Å². The second-order valence-corrected chi connectivity index (χ2v) is 6.66. The fourth-order valence-electron chi connectivity index (χ4n) is 3.29. The second-order valence-electron chi connectivity index (χ2n) is 6.66. The van der Waals surface area contributed by atoms with E-state index >= 15 is 0 Å². The number of aromatic nitrogens is 2. The molecule has 1 N–H and O–H groups in total. The molecule has 0 unspecified atom stereocenters. The number of aromatic hydroxyl groups is 1. The third-order valence-corrected chi connectivity index (χ3v) is 4.70. The summed E-state index contributed by atoms with van der Waals surface area (Å²) in [5.41, 5.74) is -0.347. The van der Waals surface area contributed by atoms with Crippen LogP contribution in [0.2, 0.25) is 0 Å². The van der Waals surface area contributed by atoms with Crippen LogP contribution in [0.25, 0.3) is 28.7 Å². The number of ether oxygens (including phenoxy) is 1. The zero-order valence-electron chi connectivity index (χ0n) is 16.5. The molecule has 4 aromatic rings. The monoisotopic (exact) mass is 420 g/mol. The number of hydrogen-bond donors (Lipinski definition) is 1. The molecule has 0 radical (unpaired) electrons. The Morgan fingerprint density at radius 3 is 2.45 bits per heavy atom. The molecule has 7 heteroatoms. The minimum atomic E-state index is -0.893. The van der Waals surface area contributed by atoms with E-state index in [2.05, 4.69) is 4.98 Å². The summed E-state index contributed by atoms with van der Waals surface area (Å²) in [6.45, 7) is 2.17. The van der Waals surface area contributed by atoms with Gasteiger partial charge in [0.25, 0.3) is 5.56 Å². The van der Waals surface area contributed by atoms with Crippen molar-refractivity contribution < 1.29 is 18.6 Å². The molecule has 156 valence electrons. The summed E-state index contributed by atoms with van der Waals surface area (Å²) < 4.78 is 35.4. The lowest BCUT2D eigenvalue weighted by molar-refractivity contribution is 0.318. The molecule has 0 bridgehead atoms. The van der Waals surface area contributed by atoms with Gasteiger partial charge in [-0.2, -0.15) is 0 Å². The molecular formula is C24H18F2N2O3. The smallest absolute Gasteiger partial charge is 0.266 e. The number of rotatable bonds is 5. The first-order valence-electron chi connectivity index (χ1n) is 9.60. The normalized spacial score (nSPS) is 11.3. The predicted molar refractivity (Wildman–Crippen MR) is 115 cm³/mol. The minimum absolute atomic E-state index is 0.00825. The lowest BCUT2D eigenvalue weighted by Crippen LogP contribution is -2.24. The molecule has 0 aliphatic heterocycles. The summed E-state index contributed by atoms with van der Waals surface area (Å²) in [5.74, 6) is -1.57. The highest BCUT2D eigenvalue weighted by Gasteiger charge is 2.18. The fraction of sp³-hybridized carbons (Fsp3) is 0.0833. The van der Waals surface area contributed by atoms with Crippen LogP contribution >= 0.6 is 0 Å². The van der Waals surface area contributed by atoms with Gasteiger partial charge in [-0.25, -0.2) is 13.8 Å². The number of phenolic OH excluding ortho intramolecular Hbond substituents is 1. The molecule has 0 fully saturated rings. The molecular weight excluding hydrogens is 402 g/mol. The van der Waals surface area contributed by atoms with Gasteiger partial charge >= 0.3 is 0 Å². The van der Waals surface area contributed by atoms with Crippen molar-refractivity contribution in [1.29, 1.82) is 0 Å². The Kier molecular flexibility index (Phi) is 5.49. The lowest BCUT2D eigenvalue weighted by atomic mass is 10.1. The van der Waals surface area contributed by atoms with E-state index in [1.807, 2.05) is 0 Å². The van der Waals surface area contributed by atoms with Gasteiger partial charge in [0.2, 0.25) is 0 Å². The van der Waals surface area contributed by atoms with Crippen LogP contribution in [0.1, 0.15) is 18.3 Å². The maximum Gasteiger partial charge on any atom is 0.266 e. The first-order chi connectivity index (χ1) is 15.0. The molecule has 5 nitrogen and oxygen atoms in total. The van der Waals surface area contributed by atoms with Crippen molar-refractivity contribution >= 4 is 23.1 Å². The van der Waals surface area contributed by atoms with E-state index in [-0.39, 0.29) is 17.0 Å². The van der Waals surface area contributed by atoms with Crippen LogP contribution < -0.4 is 10.3 Å². The molecule has 31 heavy (non-hydrogen) atoms. The number of phenols is 1. The van der Waals surface area contributed by atoms with Gasteiger partial charge in [0, 0.05) is 5.56 Å². The van der Waals surface area contributed by atoms with Crippen molar-refractivity contribution in [3.8, 4) is 17.2 Å². The number of fused-ring (bicyclic) bond motifs is 1. The highest BCUT2D eigenvalue weighted by Crippen LogP contribution is 2.31. The van der Waals surface area contributed by atoms with E-state index in [1.165, 1.54) is 18.2 Å². The quantitative estimate of drug-likeness (QED) is 0.497. The third-order valence-electron chi connectivity index (χ3n) is 4.70. The second kappa shape index (κ2) is 8.39. The van der Waals surface area contributed by atoms with Gasteiger partial charge in [-0.3, -0.25) is 9.36 Å². The SMILES string of the molecule is CCOc1cccc(/C=C/c2nc3ccccc3c(=O)n2-c2c(F)cccc2F)c1O. The van der Waals surface area contributed by atoms with Gasteiger partial charge in [0.05, 0.1) is 17.5 Å². The molecule has 0 spiro atoms. The molecule has 0 saturated heterocycles. The van der Waals surface area contributed by atoms with E-state index < -0.39 is 22.9 Å². The maximum absolute atomic E-state index is 14.6. The fourth-order valence-corrected chi connectivity index (χ4v) is 3.29. The standard InChI is InChI=1S/C24H18F2N2O3/c1-2-31-20-12-5-7-15(23(20)29)13-14-21-27-19-11-4-3-8-16(19)24(30)28(21)22-17(25)9-6-10-18(22)26/h3-14,29H,2H2,1H3/b14-13+. The first kappa shape index (κ1) is 20.3. The maximum atomic E-state index is 14.6. The average molecular weight is 420 g/mol. The highest BCUT2D eigenvalue weighted by atomic mass is 19.1. The number of nitrogens with zero attached hydrogens (tertiary/aromatic N) is 2. The van der Waals surface area contributed by atoms with E-state index in [0.29, 0.717) is 23.4 Å². The Hall–Kier alpha value is -4.00. The van der Waals surface area contributed by atoms with Crippen molar-refractivity contribution in [2.45, 2.75) is 6.92 Å². The zero-order chi connectivity index (χ0) is 22.0. The van der Waals surface area contributed by atoms with Gasteiger partial charge in [-0.1, -0.05) is 30.3 Å². The van der Waals surface area contributed by atoms with Gasteiger partial charge < -0.3 is 9.84 Å². The Morgan fingerprint density at radius 2 is 1.71 bits per heavy atom. The van der Waals surface area contributed by atoms with Crippen LogP contribution in [0.3, 0.4) is 0 Å². The van der Waals surface area contributed by atoms with E-state index in [9.17, 15) is 18.7 Å².